The fourth-order valence-corrected chi connectivity index (χ4v) is 1.49. The first-order chi connectivity index (χ1) is 6.77. The van der Waals surface area contributed by atoms with Crippen LogP contribution in [0, 0.1) is 0 Å². The van der Waals surface area contributed by atoms with Gasteiger partial charge in [0.25, 0.3) is 0 Å². The first-order valence-corrected chi connectivity index (χ1v) is 4.49. The molecule has 0 aliphatic carbocycles. The third kappa shape index (κ3) is 1.62. The second kappa shape index (κ2) is 3.54. The molecule has 0 aromatic heterocycles. The van der Waals surface area contributed by atoms with E-state index in [9.17, 15) is 10.2 Å². The van der Waals surface area contributed by atoms with Crippen molar-refractivity contribution in [3.05, 3.63) is 29.8 Å². The van der Waals surface area contributed by atoms with Crippen LogP contribution in [-0.4, -0.2) is 23.0 Å². The molecule has 0 saturated carbocycles. The number of phenolic OH excluding ortho intramolecular Hbond substituents is 2. The quantitative estimate of drug-likeness (QED) is 0.663. The molecule has 3 nitrogen and oxygen atoms in total. The van der Waals surface area contributed by atoms with Crippen molar-refractivity contribution in [3.63, 3.8) is 0 Å². The van der Waals surface area contributed by atoms with E-state index in [0.717, 1.165) is 18.5 Å². The van der Waals surface area contributed by atoms with Crippen LogP contribution in [-0.2, 0) is 0 Å². The Hall–Kier alpha value is -1.77. The first-order valence-electron chi connectivity index (χ1n) is 4.49. The van der Waals surface area contributed by atoms with Crippen LogP contribution < -0.4 is 0 Å². The van der Waals surface area contributed by atoms with Crippen molar-refractivity contribution in [1.82, 2.24) is 0 Å². The summed E-state index contributed by atoms with van der Waals surface area (Å²) >= 11 is 0. The summed E-state index contributed by atoms with van der Waals surface area (Å²) in [6.45, 7) is 0.737. The van der Waals surface area contributed by atoms with E-state index in [1.165, 1.54) is 12.1 Å². The van der Waals surface area contributed by atoms with E-state index >= 15 is 0 Å². The van der Waals surface area contributed by atoms with Gasteiger partial charge >= 0.3 is 0 Å². The molecule has 0 saturated heterocycles. The number of benzene rings is 1. The summed E-state index contributed by atoms with van der Waals surface area (Å²) in [5.74, 6) is 0.366. The van der Waals surface area contributed by atoms with E-state index in [1.54, 1.807) is 12.3 Å². The zero-order valence-electron chi connectivity index (χ0n) is 7.64. The van der Waals surface area contributed by atoms with E-state index in [4.69, 9.17) is 0 Å². The number of phenols is 2. The zero-order valence-corrected chi connectivity index (χ0v) is 7.64. The number of hydrogen-bond donors (Lipinski definition) is 2. The van der Waals surface area contributed by atoms with Crippen LogP contribution in [0.4, 0.5) is 0 Å². The predicted octanol–water partition coefficient (Wildman–Crippen LogP) is 1.96. The van der Waals surface area contributed by atoms with Crippen LogP contribution in [0.3, 0.4) is 0 Å². The van der Waals surface area contributed by atoms with Crippen LogP contribution in [0.5, 0.6) is 11.5 Å². The largest absolute Gasteiger partial charge is 0.508 e. The molecule has 0 spiro atoms. The van der Waals surface area contributed by atoms with Gasteiger partial charge in [0.15, 0.2) is 0 Å². The lowest BCUT2D eigenvalue weighted by Crippen LogP contribution is -1.94. The van der Waals surface area contributed by atoms with E-state index in [1.807, 2.05) is 6.08 Å². The Bertz CT molecular complexity index is 408. The Labute approximate surface area is 82.0 Å². The number of allylic oxidation sites excluding steroid dienone is 1. The third-order valence-electron chi connectivity index (χ3n) is 2.22. The van der Waals surface area contributed by atoms with Crippen molar-refractivity contribution in [2.75, 3.05) is 6.54 Å². The molecule has 1 aromatic carbocycles. The molecule has 0 amide bonds. The van der Waals surface area contributed by atoms with Gasteiger partial charge in [0, 0.05) is 18.3 Å². The van der Waals surface area contributed by atoms with Gasteiger partial charge in [-0.1, -0.05) is 0 Å². The number of hydrogen-bond acceptors (Lipinski definition) is 3. The van der Waals surface area contributed by atoms with E-state index in [2.05, 4.69) is 4.99 Å². The molecular weight excluding hydrogens is 178 g/mol. The van der Waals surface area contributed by atoms with Crippen molar-refractivity contribution >= 4 is 11.8 Å². The smallest absolute Gasteiger partial charge is 0.123 e. The lowest BCUT2D eigenvalue weighted by molar-refractivity contribution is 0.458. The molecule has 1 heterocycles. The van der Waals surface area contributed by atoms with Gasteiger partial charge in [-0.05, 0) is 36.3 Å². The Kier molecular flexibility index (Phi) is 2.23. The summed E-state index contributed by atoms with van der Waals surface area (Å²) in [4.78, 5) is 4.06. The van der Waals surface area contributed by atoms with Gasteiger partial charge in [-0.25, -0.2) is 0 Å². The van der Waals surface area contributed by atoms with Crippen LogP contribution in [0.15, 0.2) is 29.3 Å². The molecule has 2 N–H and O–H groups in total. The SMILES string of the molecule is Oc1ccc(O)c(C2=CC=NCC2)c1. The number of dihydropyridines is 1. The van der Waals surface area contributed by atoms with Crippen LogP contribution in [0.2, 0.25) is 0 Å². The van der Waals surface area contributed by atoms with Gasteiger partial charge in [-0.2, -0.15) is 0 Å². The van der Waals surface area contributed by atoms with Gasteiger partial charge in [-0.15, -0.1) is 0 Å². The molecular formula is C11H11NO2. The molecule has 14 heavy (non-hydrogen) atoms. The van der Waals surface area contributed by atoms with Gasteiger partial charge in [0.1, 0.15) is 11.5 Å². The fraction of sp³-hybridized carbons (Fsp3) is 0.182. The highest BCUT2D eigenvalue weighted by Crippen LogP contribution is 2.30. The summed E-state index contributed by atoms with van der Waals surface area (Å²) in [6, 6.07) is 4.54. The molecule has 2 rings (SSSR count). The second-order valence-electron chi connectivity index (χ2n) is 3.20. The molecule has 3 heteroatoms. The Morgan fingerprint density at radius 3 is 2.79 bits per heavy atom. The summed E-state index contributed by atoms with van der Waals surface area (Å²) in [7, 11) is 0. The van der Waals surface area contributed by atoms with E-state index in [-0.39, 0.29) is 11.5 Å². The topological polar surface area (TPSA) is 52.8 Å². The lowest BCUT2D eigenvalue weighted by Gasteiger charge is -2.10. The maximum absolute atomic E-state index is 9.59. The van der Waals surface area contributed by atoms with Crippen LogP contribution in [0.25, 0.3) is 5.57 Å². The average molecular weight is 189 g/mol. The number of aliphatic imine (C=N–C) groups is 1. The highest BCUT2D eigenvalue weighted by molar-refractivity contribution is 5.87. The third-order valence-corrected chi connectivity index (χ3v) is 2.22. The Morgan fingerprint density at radius 1 is 1.21 bits per heavy atom. The van der Waals surface area contributed by atoms with Crippen molar-refractivity contribution < 1.29 is 10.2 Å². The van der Waals surface area contributed by atoms with Crippen LogP contribution in [0.1, 0.15) is 12.0 Å². The predicted molar refractivity (Wildman–Crippen MR) is 55.7 cm³/mol. The minimum atomic E-state index is 0.168. The maximum Gasteiger partial charge on any atom is 0.123 e. The number of aromatic hydroxyl groups is 2. The maximum atomic E-state index is 9.59. The summed E-state index contributed by atoms with van der Waals surface area (Å²) < 4.78 is 0. The molecule has 0 bridgehead atoms. The first kappa shape index (κ1) is 8.81. The van der Waals surface area contributed by atoms with Gasteiger partial charge in [-0.3, -0.25) is 4.99 Å². The molecule has 0 unspecified atom stereocenters. The lowest BCUT2D eigenvalue weighted by atomic mass is 10.00. The molecule has 1 aliphatic heterocycles. The second-order valence-corrected chi connectivity index (χ2v) is 3.20. The Balaban J connectivity index is 2.44. The standard InChI is InChI=1S/C11H11NO2/c13-9-1-2-11(14)10(7-9)8-3-5-12-6-4-8/h1-3,5,7,13-14H,4,6H2. The van der Waals surface area contributed by atoms with Gasteiger partial charge in [0.05, 0.1) is 0 Å². The van der Waals surface area contributed by atoms with Crippen molar-refractivity contribution in [2.45, 2.75) is 6.42 Å². The van der Waals surface area contributed by atoms with Gasteiger partial charge < -0.3 is 10.2 Å². The van der Waals surface area contributed by atoms with E-state index < -0.39 is 0 Å². The Morgan fingerprint density at radius 2 is 2.07 bits per heavy atom. The molecule has 1 aromatic rings. The number of rotatable bonds is 1. The van der Waals surface area contributed by atoms with Crippen molar-refractivity contribution in [3.8, 4) is 11.5 Å². The molecule has 1 aliphatic rings. The van der Waals surface area contributed by atoms with Gasteiger partial charge in [0.2, 0.25) is 0 Å². The molecule has 0 fully saturated rings. The van der Waals surface area contributed by atoms with Crippen LogP contribution >= 0.6 is 0 Å². The monoisotopic (exact) mass is 189 g/mol. The highest BCUT2D eigenvalue weighted by atomic mass is 16.3. The average Bonchev–Trinajstić information content (AvgIpc) is 2.23. The molecule has 0 atom stereocenters. The highest BCUT2D eigenvalue weighted by Gasteiger charge is 2.09. The fourth-order valence-electron chi connectivity index (χ4n) is 1.49. The minimum absolute atomic E-state index is 0.168. The van der Waals surface area contributed by atoms with Crippen molar-refractivity contribution in [1.29, 1.82) is 0 Å². The zero-order chi connectivity index (χ0) is 9.97. The summed E-state index contributed by atoms with van der Waals surface area (Å²) in [5.41, 5.74) is 1.70. The summed E-state index contributed by atoms with van der Waals surface area (Å²) in [5, 5.41) is 18.9. The molecule has 72 valence electrons. The summed E-state index contributed by atoms with van der Waals surface area (Å²) in [6.07, 6.45) is 4.38. The van der Waals surface area contributed by atoms with Crippen molar-refractivity contribution in [2.24, 2.45) is 4.99 Å². The minimum Gasteiger partial charge on any atom is -0.508 e. The number of nitrogens with zero attached hydrogens (tertiary/aromatic N) is 1. The normalized spacial score (nSPS) is 15.3. The van der Waals surface area contributed by atoms with E-state index in [0.29, 0.717) is 5.56 Å². The molecule has 0 radical (unpaired) electrons.